The third kappa shape index (κ3) is 7.01. The minimum Gasteiger partial charge on any atom is -0.449 e. The molecule has 2 rings (SSSR count). The average Bonchev–Trinajstić information content (AvgIpc) is 2.67. The Kier molecular flexibility index (Phi) is 7.35. The smallest absolute Gasteiger partial charge is 0.387 e. The lowest BCUT2D eigenvalue weighted by Crippen LogP contribution is -2.29. The molecule has 0 aliphatic rings. The van der Waals surface area contributed by atoms with E-state index in [-0.39, 0.29) is 17.1 Å². The van der Waals surface area contributed by atoms with Gasteiger partial charge < -0.3 is 14.8 Å². The van der Waals surface area contributed by atoms with Crippen LogP contribution in [-0.4, -0.2) is 29.5 Å². The van der Waals surface area contributed by atoms with Crippen LogP contribution in [0.5, 0.6) is 5.75 Å². The van der Waals surface area contributed by atoms with Crippen molar-refractivity contribution in [3.05, 3.63) is 70.3 Å². The van der Waals surface area contributed by atoms with Crippen molar-refractivity contribution in [2.75, 3.05) is 5.32 Å². The fourth-order valence-corrected chi connectivity index (χ4v) is 2.13. The average molecular weight is 406 g/mol. The Labute approximate surface area is 163 Å². The number of halogens is 2. The highest BCUT2D eigenvalue weighted by Crippen LogP contribution is 2.18. The largest absolute Gasteiger partial charge is 0.449 e. The summed E-state index contributed by atoms with van der Waals surface area (Å²) in [5, 5.41) is 13.2. The molecule has 0 aliphatic carbocycles. The molecule has 1 atom stereocenters. The monoisotopic (exact) mass is 406 g/mol. The second-order valence-electron chi connectivity index (χ2n) is 5.66. The molecule has 0 spiro atoms. The molecule has 0 fully saturated rings. The number of nitro benzene ring substituents is 1. The van der Waals surface area contributed by atoms with Crippen LogP contribution in [0, 0.1) is 10.1 Å². The van der Waals surface area contributed by atoms with Gasteiger partial charge in [0.15, 0.2) is 6.10 Å². The molecular formula is C19H16F2N2O6. The highest BCUT2D eigenvalue weighted by Gasteiger charge is 2.17. The molecule has 0 aromatic heterocycles. The first kappa shape index (κ1) is 21.5. The van der Waals surface area contributed by atoms with Gasteiger partial charge in [0.25, 0.3) is 11.6 Å². The second-order valence-corrected chi connectivity index (χ2v) is 5.66. The van der Waals surface area contributed by atoms with Crippen molar-refractivity contribution >= 4 is 29.3 Å². The molecule has 8 nitrogen and oxygen atoms in total. The Morgan fingerprint density at radius 2 is 1.86 bits per heavy atom. The standard InChI is InChI=1S/C19H16F2N2O6/c1-12(18(25)22-14-3-2-4-15(11-14)23(26)27)28-17(24)10-7-13-5-8-16(9-6-13)29-19(20)21/h2-12,19H,1H3,(H,22,25). The van der Waals surface area contributed by atoms with Gasteiger partial charge in [-0.1, -0.05) is 18.2 Å². The number of ether oxygens (including phenoxy) is 2. The van der Waals surface area contributed by atoms with Crippen molar-refractivity contribution < 1.29 is 32.8 Å². The van der Waals surface area contributed by atoms with Gasteiger partial charge in [-0.25, -0.2) is 4.79 Å². The molecule has 29 heavy (non-hydrogen) atoms. The van der Waals surface area contributed by atoms with E-state index in [2.05, 4.69) is 10.1 Å². The van der Waals surface area contributed by atoms with Gasteiger partial charge in [-0.15, -0.1) is 0 Å². The summed E-state index contributed by atoms with van der Waals surface area (Å²) in [5.41, 5.74) is 0.520. The third-order valence-corrected chi connectivity index (χ3v) is 3.50. The highest BCUT2D eigenvalue weighted by atomic mass is 19.3. The van der Waals surface area contributed by atoms with Gasteiger partial charge in [0.05, 0.1) is 4.92 Å². The molecule has 1 N–H and O–H groups in total. The summed E-state index contributed by atoms with van der Waals surface area (Å²) in [5.74, 6) is -1.49. The van der Waals surface area contributed by atoms with Crippen molar-refractivity contribution in [2.45, 2.75) is 19.6 Å². The van der Waals surface area contributed by atoms with Crippen molar-refractivity contribution in [2.24, 2.45) is 0 Å². The van der Waals surface area contributed by atoms with Gasteiger partial charge in [0, 0.05) is 23.9 Å². The number of rotatable bonds is 8. The number of nitro groups is 1. The SMILES string of the molecule is CC(OC(=O)C=Cc1ccc(OC(F)F)cc1)C(=O)Nc1cccc([N+](=O)[O-])c1. The fraction of sp³-hybridized carbons (Fsp3) is 0.158. The number of amides is 1. The summed E-state index contributed by atoms with van der Waals surface area (Å²) in [4.78, 5) is 34.1. The zero-order valence-corrected chi connectivity index (χ0v) is 15.1. The molecule has 0 radical (unpaired) electrons. The molecule has 0 saturated carbocycles. The number of esters is 1. The van der Waals surface area contributed by atoms with Crippen LogP contribution in [0.15, 0.2) is 54.6 Å². The molecule has 2 aromatic carbocycles. The number of nitrogens with one attached hydrogen (secondary N) is 1. The highest BCUT2D eigenvalue weighted by molar-refractivity contribution is 5.96. The number of alkyl halides is 2. The van der Waals surface area contributed by atoms with Crippen molar-refractivity contribution in [3.63, 3.8) is 0 Å². The molecular weight excluding hydrogens is 390 g/mol. The lowest BCUT2D eigenvalue weighted by Gasteiger charge is -2.12. The Morgan fingerprint density at radius 3 is 2.48 bits per heavy atom. The van der Waals surface area contributed by atoms with Gasteiger partial charge in [0.2, 0.25) is 0 Å². The summed E-state index contributed by atoms with van der Waals surface area (Å²) >= 11 is 0. The number of non-ortho nitro benzene ring substituents is 1. The second kappa shape index (κ2) is 9.93. The van der Waals surface area contributed by atoms with Crippen molar-refractivity contribution in [1.82, 2.24) is 0 Å². The predicted octanol–water partition coefficient (Wildman–Crippen LogP) is 3.78. The van der Waals surface area contributed by atoms with Gasteiger partial charge in [-0.2, -0.15) is 8.78 Å². The van der Waals surface area contributed by atoms with E-state index in [9.17, 15) is 28.5 Å². The number of hydrogen-bond donors (Lipinski definition) is 1. The summed E-state index contributed by atoms with van der Waals surface area (Å²) in [6.45, 7) is -1.59. The number of hydrogen-bond acceptors (Lipinski definition) is 6. The van der Waals surface area contributed by atoms with E-state index in [1.807, 2.05) is 0 Å². The molecule has 0 aliphatic heterocycles. The number of nitrogens with zero attached hydrogens (tertiary/aromatic N) is 1. The minimum atomic E-state index is -2.93. The Morgan fingerprint density at radius 1 is 1.17 bits per heavy atom. The first-order valence-electron chi connectivity index (χ1n) is 8.23. The first-order chi connectivity index (χ1) is 13.7. The van der Waals surface area contributed by atoms with Gasteiger partial charge >= 0.3 is 12.6 Å². The van der Waals surface area contributed by atoms with Crippen molar-refractivity contribution in [3.8, 4) is 5.75 Å². The van der Waals surface area contributed by atoms with E-state index in [4.69, 9.17) is 4.74 Å². The number of anilines is 1. The van der Waals surface area contributed by atoms with Crippen LogP contribution in [0.1, 0.15) is 12.5 Å². The van der Waals surface area contributed by atoms with E-state index < -0.39 is 29.5 Å². The summed E-state index contributed by atoms with van der Waals surface area (Å²) < 4.78 is 33.4. The van der Waals surface area contributed by atoms with Crippen LogP contribution < -0.4 is 10.1 Å². The zero-order chi connectivity index (χ0) is 21.4. The quantitative estimate of drug-likeness (QED) is 0.309. The van der Waals surface area contributed by atoms with Crippen LogP contribution >= 0.6 is 0 Å². The van der Waals surface area contributed by atoms with Gasteiger partial charge in [-0.3, -0.25) is 14.9 Å². The van der Waals surface area contributed by atoms with E-state index in [0.29, 0.717) is 5.56 Å². The van der Waals surface area contributed by atoms with Crippen LogP contribution in [0.2, 0.25) is 0 Å². The Hall–Kier alpha value is -3.82. The van der Waals surface area contributed by atoms with Crippen LogP contribution in [-0.2, 0) is 14.3 Å². The summed E-state index contributed by atoms with van der Waals surface area (Å²) in [6.07, 6.45) is 1.29. The molecule has 1 unspecified atom stereocenters. The topological polar surface area (TPSA) is 108 Å². The predicted molar refractivity (Wildman–Crippen MR) is 99.4 cm³/mol. The van der Waals surface area contributed by atoms with E-state index in [1.54, 1.807) is 0 Å². The fourth-order valence-electron chi connectivity index (χ4n) is 2.13. The number of carbonyl (C=O) groups excluding carboxylic acids is 2. The van der Waals surface area contributed by atoms with E-state index in [0.717, 1.165) is 6.08 Å². The molecule has 0 saturated heterocycles. The number of benzene rings is 2. The normalized spacial score (nSPS) is 11.9. The molecule has 10 heteroatoms. The zero-order valence-electron chi connectivity index (χ0n) is 15.1. The first-order valence-corrected chi connectivity index (χ1v) is 8.23. The van der Waals surface area contributed by atoms with Gasteiger partial charge in [-0.05, 0) is 36.8 Å². The molecule has 0 heterocycles. The maximum absolute atomic E-state index is 12.1. The van der Waals surface area contributed by atoms with Crippen LogP contribution in [0.25, 0.3) is 6.08 Å². The summed E-state index contributed by atoms with van der Waals surface area (Å²) in [7, 11) is 0. The lowest BCUT2D eigenvalue weighted by atomic mass is 10.2. The van der Waals surface area contributed by atoms with E-state index in [1.165, 1.54) is 61.5 Å². The van der Waals surface area contributed by atoms with Gasteiger partial charge in [0.1, 0.15) is 5.75 Å². The van der Waals surface area contributed by atoms with E-state index >= 15 is 0 Å². The molecule has 152 valence electrons. The Bertz CT molecular complexity index is 915. The Balaban J connectivity index is 1.89. The summed E-state index contributed by atoms with van der Waals surface area (Å²) in [6, 6.07) is 10.9. The molecule has 2 aromatic rings. The number of carbonyl (C=O) groups is 2. The minimum absolute atomic E-state index is 0.0221. The van der Waals surface area contributed by atoms with Crippen molar-refractivity contribution in [1.29, 1.82) is 0 Å². The van der Waals surface area contributed by atoms with Crippen LogP contribution in [0.4, 0.5) is 20.2 Å². The van der Waals surface area contributed by atoms with Crippen LogP contribution in [0.3, 0.4) is 0 Å². The third-order valence-electron chi connectivity index (χ3n) is 3.50. The molecule has 0 bridgehead atoms. The maximum atomic E-state index is 12.1. The molecule has 1 amide bonds. The lowest BCUT2D eigenvalue weighted by molar-refractivity contribution is -0.384. The maximum Gasteiger partial charge on any atom is 0.387 e.